The van der Waals surface area contributed by atoms with Crippen molar-refractivity contribution in [2.24, 2.45) is 17.3 Å². The zero-order chi connectivity index (χ0) is 16.2. The Labute approximate surface area is 143 Å². The summed E-state index contributed by atoms with van der Waals surface area (Å²) in [6.07, 6.45) is 6.32. The first-order chi connectivity index (χ1) is 11.0. The van der Waals surface area contributed by atoms with Crippen molar-refractivity contribution in [3.05, 3.63) is 23.3 Å². The van der Waals surface area contributed by atoms with Crippen LogP contribution < -0.4 is 0 Å². The van der Waals surface area contributed by atoms with Crippen molar-refractivity contribution in [2.45, 2.75) is 63.2 Å². The number of rotatable bonds is 2. The van der Waals surface area contributed by atoms with Gasteiger partial charge in [-0.3, -0.25) is 4.79 Å². The molecule has 3 unspecified atom stereocenters. The van der Waals surface area contributed by atoms with E-state index >= 15 is 0 Å². The number of ketones is 1. The lowest BCUT2D eigenvalue weighted by molar-refractivity contribution is -0.129. The number of phenolic OH excluding ortho intramolecular Hbond substituents is 1. The number of benzene rings is 1. The lowest BCUT2D eigenvalue weighted by atomic mass is 9.55. The van der Waals surface area contributed by atoms with Crippen LogP contribution in [0.1, 0.15) is 63.0 Å². The number of aryl methyl sites for hydroxylation is 1. The van der Waals surface area contributed by atoms with Gasteiger partial charge >= 0.3 is 0 Å². The highest BCUT2D eigenvalue weighted by Gasteiger charge is 2.54. The van der Waals surface area contributed by atoms with Crippen LogP contribution in [0.2, 0.25) is 0 Å². The standard InChI is InChI=1S/C20H26O2S/c1-3-23-18-11-15-12(10-17(18)21)4-5-14-13(15)8-9-20(2)16(14)6-7-19(20)22/h10-11,13-14,16,21H,3-9H2,1-2H3/t13?,14?,16?,20-/m0/s1. The molecule has 3 aliphatic rings. The molecule has 0 spiro atoms. The zero-order valence-corrected chi connectivity index (χ0v) is 14.9. The number of hydrogen-bond donors (Lipinski definition) is 1. The average Bonchev–Trinajstić information content (AvgIpc) is 2.84. The van der Waals surface area contributed by atoms with Gasteiger partial charge in [0, 0.05) is 16.7 Å². The smallest absolute Gasteiger partial charge is 0.139 e. The summed E-state index contributed by atoms with van der Waals surface area (Å²) in [4.78, 5) is 13.4. The molecule has 0 heterocycles. The Morgan fingerprint density at radius 2 is 2.09 bits per heavy atom. The topological polar surface area (TPSA) is 37.3 Å². The highest BCUT2D eigenvalue weighted by molar-refractivity contribution is 7.99. The average molecular weight is 330 g/mol. The van der Waals surface area contributed by atoms with Gasteiger partial charge in [0.25, 0.3) is 0 Å². The van der Waals surface area contributed by atoms with E-state index in [1.54, 1.807) is 11.8 Å². The number of fused-ring (bicyclic) bond motifs is 5. The van der Waals surface area contributed by atoms with Gasteiger partial charge in [0.2, 0.25) is 0 Å². The van der Waals surface area contributed by atoms with Crippen LogP contribution in [0, 0.1) is 17.3 Å². The predicted octanol–water partition coefficient (Wildman–Crippen LogP) is 4.93. The lowest BCUT2D eigenvalue weighted by Crippen LogP contribution is -2.42. The molecule has 0 bridgehead atoms. The van der Waals surface area contributed by atoms with Crippen LogP contribution in [-0.4, -0.2) is 16.6 Å². The third kappa shape index (κ3) is 2.26. The maximum atomic E-state index is 12.4. The van der Waals surface area contributed by atoms with Crippen LogP contribution >= 0.6 is 11.8 Å². The molecule has 3 aliphatic carbocycles. The first kappa shape index (κ1) is 15.6. The summed E-state index contributed by atoms with van der Waals surface area (Å²) >= 11 is 1.73. The molecule has 23 heavy (non-hydrogen) atoms. The second kappa shape index (κ2) is 5.54. The Bertz CT molecular complexity index is 653. The molecule has 2 saturated carbocycles. The van der Waals surface area contributed by atoms with Crippen molar-refractivity contribution >= 4 is 17.5 Å². The largest absolute Gasteiger partial charge is 0.507 e. The van der Waals surface area contributed by atoms with Crippen LogP contribution in [0.25, 0.3) is 0 Å². The van der Waals surface area contributed by atoms with Crippen molar-refractivity contribution < 1.29 is 9.90 Å². The summed E-state index contributed by atoms with van der Waals surface area (Å²) in [7, 11) is 0. The summed E-state index contributed by atoms with van der Waals surface area (Å²) < 4.78 is 0. The maximum absolute atomic E-state index is 12.4. The molecule has 124 valence electrons. The van der Waals surface area contributed by atoms with E-state index in [-0.39, 0.29) is 5.41 Å². The number of carbonyl (C=O) groups excluding carboxylic acids is 1. The molecule has 1 aromatic rings. The minimum absolute atomic E-state index is 0.0451. The first-order valence-corrected chi connectivity index (χ1v) is 10.0. The third-order valence-corrected chi connectivity index (χ3v) is 7.74. The molecule has 2 nitrogen and oxygen atoms in total. The number of Topliss-reactive ketones (excluding diaryl/α,β-unsaturated/α-hetero) is 1. The van der Waals surface area contributed by atoms with E-state index in [4.69, 9.17) is 0 Å². The Morgan fingerprint density at radius 1 is 1.26 bits per heavy atom. The number of carbonyl (C=O) groups is 1. The van der Waals surface area contributed by atoms with Gasteiger partial charge in [-0.25, -0.2) is 0 Å². The van der Waals surface area contributed by atoms with Gasteiger partial charge < -0.3 is 5.11 Å². The fourth-order valence-electron chi connectivity index (χ4n) is 5.63. The van der Waals surface area contributed by atoms with Crippen molar-refractivity contribution in [1.29, 1.82) is 0 Å². The van der Waals surface area contributed by atoms with E-state index < -0.39 is 0 Å². The molecule has 2 fully saturated rings. The van der Waals surface area contributed by atoms with E-state index in [2.05, 4.69) is 19.9 Å². The number of hydrogen-bond acceptors (Lipinski definition) is 3. The van der Waals surface area contributed by atoms with Crippen molar-refractivity contribution in [3.8, 4) is 5.75 Å². The monoisotopic (exact) mass is 330 g/mol. The molecule has 4 atom stereocenters. The maximum Gasteiger partial charge on any atom is 0.139 e. The Kier molecular flexibility index (Phi) is 3.75. The highest BCUT2D eigenvalue weighted by Crippen LogP contribution is 2.59. The van der Waals surface area contributed by atoms with Gasteiger partial charge in [-0.1, -0.05) is 13.8 Å². The minimum Gasteiger partial charge on any atom is -0.507 e. The summed E-state index contributed by atoms with van der Waals surface area (Å²) in [6.45, 7) is 4.36. The summed E-state index contributed by atoms with van der Waals surface area (Å²) in [6, 6.07) is 4.27. The fourth-order valence-corrected chi connectivity index (χ4v) is 6.36. The molecular weight excluding hydrogens is 304 g/mol. The molecule has 4 rings (SSSR count). The van der Waals surface area contributed by atoms with E-state index in [1.165, 1.54) is 17.5 Å². The van der Waals surface area contributed by atoms with E-state index in [1.807, 2.05) is 6.07 Å². The van der Waals surface area contributed by atoms with Crippen LogP contribution in [0.5, 0.6) is 5.75 Å². The molecule has 0 radical (unpaired) electrons. The molecule has 0 amide bonds. The van der Waals surface area contributed by atoms with E-state index in [0.717, 1.165) is 42.8 Å². The molecule has 0 aliphatic heterocycles. The third-order valence-electron chi connectivity index (χ3n) is 6.81. The van der Waals surface area contributed by atoms with Crippen LogP contribution in [0.4, 0.5) is 0 Å². The molecular formula is C20H26O2S. The van der Waals surface area contributed by atoms with Crippen LogP contribution in [0.15, 0.2) is 17.0 Å². The lowest BCUT2D eigenvalue weighted by Gasteiger charge is -2.48. The molecule has 0 saturated heterocycles. The van der Waals surface area contributed by atoms with Gasteiger partial charge in [-0.2, -0.15) is 0 Å². The minimum atomic E-state index is -0.0451. The Hall–Kier alpha value is -0.960. The second-order valence-corrected chi connectivity index (χ2v) is 9.09. The highest BCUT2D eigenvalue weighted by atomic mass is 32.2. The SMILES string of the molecule is CCSc1cc2c(cc1O)CCC1C2CC[C@]2(C)C(=O)CCC12. The van der Waals surface area contributed by atoms with Gasteiger partial charge in [-0.05, 0) is 78.9 Å². The van der Waals surface area contributed by atoms with Crippen molar-refractivity contribution in [1.82, 2.24) is 0 Å². The number of thioether (sulfide) groups is 1. The zero-order valence-electron chi connectivity index (χ0n) is 14.1. The molecule has 3 heteroatoms. The van der Waals surface area contributed by atoms with Crippen LogP contribution in [0.3, 0.4) is 0 Å². The normalized spacial score (nSPS) is 35.6. The van der Waals surface area contributed by atoms with Gasteiger partial charge in [0.05, 0.1) is 0 Å². The molecule has 0 aromatic heterocycles. The number of aromatic hydroxyl groups is 1. The van der Waals surface area contributed by atoms with Crippen molar-refractivity contribution in [2.75, 3.05) is 5.75 Å². The number of phenols is 1. The fraction of sp³-hybridized carbons (Fsp3) is 0.650. The van der Waals surface area contributed by atoms with Crippen molar-refractivity contribution in [3.63, 3.8) is 0 Å². The van der Waals surface area contributed by atoms with Gasteiger partial charge in [0.1, 0.15) is 11.5 Å². The van der Waals surface area contributed by atoms with Gasteiger partial charge in [-0.15, -0.1) is 11.8 Å². The molecule has 1 N–H and O–H groups in total. The van der Waals surface area contributed by atoms with E-state index in [9.17, 15) is 9.90 Å². The Balaban J connectivity index is 1.71. The van der Waals surface area contributed by atoms with Gasteiger partial charge in [0.15, 0.2) is 0 Å². The predicted molar refractivity (Wildman–Crippen MR) is 94.1 cm³/mol. The second-order valence-electron chi connectivity index (χ2n) is 7.79. The Morgan fingerprint density at radius 3 is 2.87 bits per heavy atom. The van der Waals surface area contributed by atoms with E-state index in [0.29, 0.717) is 29.3 Å². The summed E-state index contributed by atoms with van der Waals surface area (Å²) in [5.74, 6) is 3.79. The van der Waals surface area contributed by atoms with Crippen LogP contribution in [-0.2, 0) is 11.2 Å². The summed E-state index contributed by atoms with van der Waals surface area (Å²) in [5.41, 5.74) is 2.77. The summed E-state index contributed by atoms with van der Waals surface area (Å²) in [5, 5.41) is 10.3. The molecule has 1 aromatic carbocycles. The quantitative estimate of drug-likeness (QED) is 0.781. The first-order valence-electron chi connectivity index (χ1n) is 9.06.